The third-order valence-electron chi connectivity index (χ3n) is 6.68. The fourth-order valence-electron chi connectivity index (χ4n) is 5.30. The van der Waals surface area contributed by atoms with Gasteiger partial charge in [-0.05, 0) is 64.5 Å². The number of fused-ring (bicyclic) bond motifs is 2. The minimum atomic E-state index is 0.167. The summed E-state index contributed by atoms with van der Waals surface area (Å²) in [6, 6.07) is 1.36. The highest BCUT2D eigenvalue weighted by atomic mass is 16.1. The molecular formula is C19H35N3O. The summed E-state index contributed by atoms with van der Waals surface area (Å²) in [5, 5.41) is 6.96. The van der Waals surface area contributed by atoms with Crippen LogP contribution in [0.4, 0.5) is 0 Å². The second-order valence-corrected chi connectivity index (χ2v) is 8.78. The molecule has 3 rings (SSSR count). The predicted octanol–water partition coefficient (Wildman–Crippen LogP) is 2.53. The molecule has 1 aliphatic carbocycles. The maximum absolute atomic E-state index is 12.5. The second kappa shape index (κ2) is 7.10. The molecule has 0 spiro atoms. The number of amides is 1. The van der Waals surface area contributed by atoms with Crippen LogP contribution in [0.2, 0.25) is 0 Å². The first kappa shape index (κ1) is 17.2. The van der Waals surface area contributed by atoms with Gasteiger partial charge >= 0.3 is 0 Å². The van der Waals surface area contributed by atoms with E-state index in [0.29, 0.717) is 18.0 Å². The minimum absolute atomic E-state index is 0.167. The van der Waals surface area contributed by atoms with Gasteiger partial charge in [0.15, 0.2) is 0 Å². The summed E-state index contributed by atoms with van der Waals surface area (Å²) in [7, 11) is 4.35. The van der Waals surface area contributed by atoms with E-state index in [-0.39, 0.29) is 11.4 Å². The Balaban J connectivity index is 1.49. The van der Waals surface area contributed by atoms with Crippen LogP contribution >= 0.6 is 0 Å². The average Bonchev–Trinajstić information content (AvgIpc) is 2.84. The monoisotopic (exact) mass is 321 g/mol. The van der Waals surface area contributed by atoms with Crippen molar-refractivity contribution in [2.24, 2.45) is 11.8 Å². The Morgan fingerprint density at radius 3 is 2.52 bits per heavy atom. The summed E-state index contributed by atoms with van der Waals surface area (Å²) in [6.07, 6.45) is 10.8. The Kier molecular flexibility index (Phi) is 5.32. The van der Waals surface area contributed by atoms with Crippen LogP contribution in [-0.2, 0) is 4.79 Å². The van der Waals surface area contributed by atoms with Crippen LogP contribution in [0, 0.1) is 11.8 Å². The molecule has 4 atom stereocenters. The highest BCUT2D eigenvalue weighted by molar-refractivity contribution is 5.76. The lowest BCUT2D eigenvalue weighted by atomic mass is 9.75. The Morgan fingerprint density at radius 2 is 1.91 bits per heavy atom. The molecule has 4 nitrogen and oxygen atoms in total. The van der Waals surface area contributed by atoms with Crippen molar-refractivity contribution >= 4 is 5.91 Å². The largest absolute Gasteiger partial charge is 0.354 e. The highest BCUT2D eigenvalue weighted by Crippen LogP contribution is 2.36. The van der Waals surface area contributed by atoms with Gasteiger partial charge in [0.05, 0.1) is 0 Å². The zero-order valence-electron chi connectivity index (χ0n) is 15.2. The van der Waals surface area contributed by atoms with Crippen molar-refractivity contribution in [1.29, 1.82) is 0 Å². The summed E-state index contributed by atoms with van der Waals surface area (Å²) in [5.74, 6) is 1.63. The molecule has 3 fully saturated rings. The molecular weight excluding hydrogens is 286 g/mol. The number of piperidine rings is 1. The molecule has 2 bridgehead atoms. The SMILES string of the molecule is CC1CCCC(CNC(=O)CC2CC3CCC(C2)N3)(N(C)C)C1. The van der Waals surface area contributed by atoms with Crippen LogP contribution < -0.4 is 10.6 Å². The third-order valence-corrected chi connectivity index (χ3v) is 6.68. The van der Waals surface area contributed by atoms with E-state index >= 15 is 0 Å². The lowest BCUT2D eigenvalue weighted by Crippen LogP contribution is -2.55. The number of rotatable bonds is 5. The second-order valence-electron chi connectivity index (χ2n) is 8.78. The summed E-state index contributed by atoms with van der Waals surface area (Å²) in [4.78, 5) is 14.8. The van der Waals surface area contributed by atoms with Crippen molar-refractivity contribution < 1.29 is 4.79 Å². The van der Waals surface area contributed by atoms with Gasteiger partial charge in [-0.2, -0.15) is 0 Å². The number of nitrogens with zero attached hydrogens (tertiary/aromatic N) is 1. The van der Waals surface area contributed by atoms with Crippen LogP contribution in [0.25, 0.3) is 0 Å². The van der Waals surface area contributed by atoms with E-state index in [4.69, 9.17) is 0 Å². The molecule has 132 valence electrons. The number of carbonyl (C=O) groups excluding carboxylic acids is 1. The zero-order chi connectivity index (χ0) is 16.4. The van der Waals surface area contributed by atoms with Crippen molar-refractivity contribution in [3.05, 3.63) is 0 Å². The molecule has 1 saturated carbocycles. The van der Waals surface area contributed by atoms with Crippen LogP contribution in [0.3, 0.4) is 0 Å². The summed E-state index contributed by atoms with van der Waals surface area (Å²) in [5.41, 5.74) is 0.167. The van der Waals surface area contributed by atoms with Gasteiger partial charge in [0.25, 0.3) is 0 Å². The van der Waals surface area contributed by atoms with Crippen molar-refractivity contribution in [2.75, 3.05) is 20.6 Å². The number of likely N-dealkylation sites (N-methyl/N-ethyl adjacent to an activating group) is 1. The molecule has 4 heteroatoms. The van der Waals surface area contributed by atoms with E-state index < -0.39 is 0 Å². The topological polar surface area (TPSA) is 44.4 Å². The van der Waals surface area contributed by atoms with Gasteiger partial charge < -0.3 is 15.5 Å². The Bertz CT molecular complexity index is 413. The third kappa shape index (κ3) is 4.08. The number of nitrogens with one attached hydrogen (secondary N) is 2. The summed E-state index contributed by atoms with van der Waals surface area (Å²) in [6.45, 7) is 3.17. The minimum Gasteiger partial charge on any atom is -0.354 e. The number of hydrogen-bond donors (Lipinski definition) is 2. The van der Waals surface area contributed by atoms with E-state index in [1.165, 1.54) is 51.4 Å². The zero-order valence-corrected chi connectivity index (χ0v) is 15.2. The van der Waals surface area contributed by atoms with E-state index in [1.807, 2.05) is 0 Å². The molecule has 3 aliphatic rings. The summed E-state index contributed by atoms with van der Waals surface area (Å²) < 4.78 is 0. The Hall–Kier alpha value is -0.610. The Morgan fingerprint density at radius 1 is 1.22 bits per heavy atom. The standard InChI is InChI=1S/C19H35N3O/c1-14-5-4-8-19(12-14,22(2)3)13-20-18(23)11-15-9-16-6-7-17(10-15)21-16/h14-17,21H,4-13H2,1-3H3,(H,20,23). The van der Waals surface area contributed by atoms with Gasteiger partial charge in [-0.15, -0.1) is 0 Å². The quantitative estimate of drug-likeness (QED) is 0.818. The van der Waals surface area contributed by atoms with E-state index in [0.717, 1.165) is 18.9 Å². The van der Waals surface area contributed by atoms with Gasteiger partial charge in [0.1, 0.15) is 0 Å². The molecule has 2 heterocycles. The van der Waals surface area contributed by atoms with Gasteiger partial charge in [-0.25, -0.2) is 0 Å². The fourth-order valence-corrected chi connectivity index (χ4v) is 5.30. The maximum atomic E-state index is 12.5. The first-order valence-corrected chi connectivity index (χ1v) is 9.67. The highest BCUT2D eigenvalue weighted by Gasteiger charge is 2.38. The van der Waals surface area contributed by atoms with Crippen LogP contribution in [0.1, 0.15) is 64.7 Å². The molecule has 0 aromatic rings. The fraction of sp³-hybridized carbons (Fsp3) is 0.947. The van der Waals surface area contributed by atoms with Crippen molar-refractivity contribution in [3.63, 3.8) is 0 Å². The molecule has 0 radical (unpaired) electrons. The smallest absolute Gasteiger partial charge is 0.220 e. The van der Waals surface area contributed by atoms with Gasteiger partial charge in [0, 0.05) is 30.6 Å². The van der Waals surface area contributed by atoms with E-state index in [1.54, 1.807) is 0 Å². The molecule has 2 N–H and O–H groups in total. The van der Waals surface area contributed by atoms with Crippen LogP contribution in [0.5, 0.6) is 0 Å². The number of hydrogen-bond acceptors (Lipinski definition) is 3. The molecule has 4 unspecified atom stereocenters. The molecule has 2 aliphatic heterocycles. The van der Waals surface area contributed by atoms with E-state index in [9.17, 15) is 4.79 Å². The molecule has 2 saturated heterocycles. The number of carbonyl (C=O) groups is 1. The van der Waals surface area contributed by atoms with Crippen LogP contribution in [0.15, 0.2) is 0 Å². The normalized spacial score (nSPS) is 40.3. The first-order valence-electron chi connectivity index (χ1n) is 9.67. The molecule has 23 heavy (non-hydrogen) atoms. The summed E-state index contributed by atoms with van der Waals surface area (Å²) >= 11 is 0. The Labute approximate surface area is 141 Å². The van der Waals surface area contributed by atoms with Crippen molar-refractivity contribution in [1.82, 2.24) is 15.5 Å². The molecule has 1 amide bonds. The lowest BCUT2D eigenvalue weighted by molar-refractivity contribution is -0.123. The van der Waals surface area contributed by atoms with Crippen molar-refractivity contribution in [3.8, 4) is 0 Å². The maximum Gasteiger partial charge on any atom is 0.220 e. The predicted molar refractivity (Wildman–Crippen MR) is 94.3 cm³/mol. The lowest BCUT2D eigenvalue weighted by Gasteiger charge is -2.45. The van der Waals surface area contributed by atoms with Gasteiger partial charge in [-0.3, -0.25) is 4.79 Å². The van der Waals surface area contributed by atoms with Gasteiger partial charge in [-0.1, -0.05) is 19.8 Å². The van der Waals surface area contributed by atoms with Crippen molar-refractivity contribution in [2.45, 2.75) is 82.3 Å². The van der Waals surface area contributed by atoms with Gasteiger partial charge in [0.2, 0.25) is 5.91 Å². The first-order chi connectivity index (χ1) is 11.0. The average molecular weight is 322 g/mol. The van der Waals surface area contributed by atoms with Crippen LogP contribution in [-0.4, -0.2) is 49.1 Å². The molecule has 0 aromatic carbocycles. The molecule has 0 aromatic heterocycles. The van der Waals surface area contributed by atoms with E-state index in [2.05, 4.69) is 36.6 Å².